The third kappa shape index (κ3) is 3.81. The maximum absolute atomic E-state index is 11.9. The van der Waals surface area contributed by atoms with Gasteiger partial charge in [-0.1, -0.05) is 12.8 Å². The van der Waals surface area contributed by atoms with Gasteiger partial charge in [-0.25, -0.2) is 8.42 Å². The van der Waals surface area contributed by atoms with Gasteiger partial charge in [-0.2, -0.15) is 4.31 Å². The van der Waals surface area contributed by atoms with Crippen molar-refractivity contribution in [3.05, 3.63) is 0 Å². The van der Waals surface area contributed by atoms with Gasteiger partial charge >= 0.3 is 0 Å². The first-order chi connectivity index (χ1) is 8.47. The molecule has 19 heavy (non-hydrogen) atoms. The van der Waals surface area contributed by atoms with E-state index in [1.807, 2.05) is 0 Å². The Morgan fingerprint density at radius 2 is 1.89 bits per heavy atom. The quantitative estimate of drug-likeness (QED) is 0.754. The molecule has 0 radical (unpaired) electrons. The molecule has 0 spiro atoms. The molecule has 0 aromatic rings. The number of carbonyl (C=O) groups is 1. The molecule has 1 heterocycles. The van der Waals surface area contributed by atoms with Crippen LogP contribution in [0.25, 0.3) is 0 Å². The molecule has 2 rings (SSSR count). The van der Waals surface area contributed by atoms with Crippen LogP contribution in [0.2, 0.25) is 0 Å². The summed E-state index contributed by atoms with van der Waals surface area (Å²) in [5.74, 6) is -0.0738. The van der Waals surface area contributed by atoms with Gasteiger partial charge < -0.3 is 11.1 Å². The standard InChI is InChI=1S/C11H21N3O3S.ClH/c12-9-11(4-1-2-5-11)13-10(15)8-14-6-3-7-18(14,16)17;/h1-9,12H2,(H,13,15);1H. The van der Waals surface area contributed by atoms with E-state index in [0.717, 1.165) is 25.7 Å². The van der Waals surface area contributed by atoms with Gasteiger partial charge in [0.25, 0.3) is 0 Å². The summed E-state index contributed by atoms with van der Waals surface area (Å²) in [6.07, 6.45) is 4.53. The number of hydrogen-bond donors (Lipinski definition) is 2. The van der Waals surface area contributed by atoms with E-state index >= 15 is 0 Å². The van der Waals surface area contributed by atoms with E-state index in [4.69, 9.17) is 5.73 Å². The molecule has 0 bridgehead atoms. The molecule has 1 amide bonds. The molecule has 2 fully saturated rings. The van der Waals surface area contributed by atoms with Crippen molar-refractivity contribution in [1.82, 2.24) is 9.62 Å². The van der Waals surface area contributed by atoms with Gasteiger partial charge in [-0.3, -0.25) is 4.79 Å². The number of amides is 1. The van der Waals surface area contributed by atoms with E-state index in [1.54, 1.807) is 0 Å². The number of sulfonamides is 1. The Bertz CT molecular complexity index is 421. The lowest BCUT2D eigenvalue weighted by Crippen LogP contribution is -2.54. The molecular weight excluding hydrogens is 290 g/mol. The number of rotatable bonds is 4. The summed E-state index contributed by atoms with van der Waals surface area (Å²) in [4.78, 5) is 11.9. The molecule has 6 nitrogen and oxygen atoms in total. The molecular formula is C11H22ClN3O3S. The van der Waals surface area contributed by atoms with Crippen molar-refractivity contribution < 1.29 is 13.2 Å². The smallest absolute Gasteiger partial charge is 0.235 e. The largest absolute Gasteiger partial charge is 0.348 e. The van der Waals surface area contributed by atoms with Gasteiger partial charge in [-0.05, 0) is 19.3 Å². The Morgan fingerprint density at radius 3 is 2.37 bits per heavy atom. The highest BCUT2D eigenvalue weighted by molar-refractivity contribution is 7.89. The van der Waals surface area contributed by atoms with Crippen molar-refractivity contribution in [3.63, 3.8) is 0 Å². The van der Waals surface area contributed by atoms with E-state index < -0.39 is 10.0 Å². The zero-order chi connectivity index (χ0) is 13.2. The third-order valence-corrected chi connectivity index (χ3v) is 5.78. The Morgan fingerprint density at radius 1 is 1.26 bits per heavy atom. The molecule has 3 N–H and O–H groups in total. The van der Waals surface area contributed by atoms with Crippen LogP contribution in [0.1, 0.15) is 32.1 Å². The van der Waals surface area contributed by atoms with Crippen molar-refractivity contribution in [2.75, 3.05) is 25.4 Å². The molecule has 112 valence electrons. The van der Waals surface area contributed by atoms with Crippen molar-refractivity contribution in [3.8, 4) is 0 Å². The zero-order valence-corrected chi connectivity index (χ0v) is 12.6. The van der Waals surface area contributed by atoms with Gasteiger partial charge in [0.1, 0.15) is 0 Å². The first kappa shape index (κ1) is 16.7. The monoisotopic (exact) mass is 311 g/mol. The third-order valence-electron chi connectivity index (χ3n) is 3.88. The van der Waals surface area contributed by atoms with Crippen molar-refractivity contribution in [2.24, 2.45) is 5.73 Å². The van der Waals surface area contributed by atoms with Crippen LogP contribution in [0.15, 0.2) is 0 Å². The number of halogens is 1. The molecule has 0 atom stereocenters. The van der Waals surface area contributed by atoms with Crippen molar-refractivity contribution in [2.45, 2.75) is 37.6 Å². The minimum absolute atomic E-state index is 0. The van der Waals surface area contributed by atoms with Gasteiger partial charge in [0, 0.05) is 13.1 Å². The van der Waals surface area contributed by atoms with E-state index in [1.165, 1.54) is 4.31 Å². The van der Waals surface area contributed by atoms with Crippen LogP contribution in [-0.2, 0) is 14.8 Å². The number of nitrogens with one attached hydrogen (secondary N) is 1. The fourth-order valence-electron chi connectivity index (χ4n) is 2.80. The molecule has 1 saturated carbocycles. The summed E-state index contributed by atoms with van der Waals surface area (Å²) >= 11 is 0. The van der Waals surface area contributed by atoms with Crippen LogP contribution < -0.4 is 11.1 Å². The summed E-state index contributed by atoms with van der Waals surface area (Å²) in [6, 6.07) is 0. The lowest BCUT2D eigenvalue weighted by Gasteiger charge is -2.29. The predicted molar refractivity (Wildman–Crippen MR) is 75.6 cm³/mol. The lowest BCUT2D eigenvalue weighted by molar-refractivity contribution is -0.123. The molecule has 0 aromatic carbocycles. The normalized spacial score (nSPS) is 24.9. The first-order valence-electron chi connectivity index (χ1n) is 6.46. The Balaban J connectivity index is 0.00000180. The number of hydrogen-bond acceptors (Lipinski definition) is 4. The molecule has 1 aliphatic heterocycles. The summed E-state index contributed by atoms with van der Waals surface area (Å²) in [6.45, 7) is 0.806. The molecule has 1 saturated heterocycles. The summed E-state index contributed by atoms with van der Waals surface area (Å²) in [5.41, 5.74) is 5.43. The van der Waals surface area contributed by atoms with Crippen LogP contribution in [0.4, 0.5) is 0 Å². The van der Waals surface area contributed by atoms with Crippen LogP contribution in [-0.4, -0.2) is 49.6 Å². The maximum atomic E-state index is 11.9. The Labute approximate surface area is 120 Å². The average Bonchev–Trinajstić information content (AvgIpc) is 2.88. The fourth-order valence-corrected chi connectivity index (χ4v) is 4.27. The van der Waals surface area contributed by atoms with Crippen LogP contribution >= 0.6 is 12.4 Å². The van der Waals surface area contributed by atoms with Crippen LogP contribution in [0.5, 0.6) is 0 Å². The second-order valence-electron chi connectivity index (χ2n) is 5.24. The van der Waals surface area contributed by atoms with E-state index in [0.29, 0.717) is 19.5 Å². The second-order valence-corrected chi connectivity index (χ2v) is 7.33. The number of nitrogens with two attached hydrogens (primary N) is 1. The maximum Gasteiger partial charge on any atom is 0.235 e. The van der Waals surface area contributed by atoms with Crippen molar-refractivity contribution in [1.29, 1.82) is 0 Å². The molecule has 0 aromatic heterocycles. The summed E-state index contributed by atoms with van der Waals surface area (Å²) in [7, 11) is -3.20. The van der Waals surface area contributed by atoms with Crippen LogP contribution in [0, 0.1) is 0 Å². The highest BCUT2D eigenvalue weighted by Crippen LogP contribution is 2.28. The summed E-state index contributed by atoms with van der Waals surface area (Å²) < 4.78 is 24.5. The first-order valence-corrected chi connectivity index (χ1v) is 8.07. The summed E-state index contributed by atoms with van der Waals surface area (Å²) in [5, 5.41) is 2.94. The Hall–Kier alpha value is -0.370. The van der Waals surface area contributed by atoms with Gasteiger partial charge in [0.15, 0.2) is 0 Å². The number of nitrogens with zero attached hydrogens (tertiary/aromatic N) is 1. The van der Waals surface area contributed by atoms with Crippen molar-refractivity contribution >= 4 is 28.3 Å². The number of carbonyl (C=O) groups excluding carboxylic acids is 1. The van der Waals surface area contributed by atoms with E-state index in [9.17, 15) is 13.2 Å². The topological polar surface area (TPSA) is 92.5 Å². The van der Waals surface area contributed by atoms with E-state index in [2.05, 4.69) is 5.32 Å². The molecule has 1 aliphatic carbocycles. The highest BCUT2D eigenvalue weighted by atomic mass is 35.5. The molecule has 0 unspecified atom stereocenters. The van der Waals surface area contributed by atoms with Gasteiger partial charge in [0.2, 0.25) is 15.9 Å². The second kappa shape index (κ2) is 6.39. The molecule has 8 heteroatoms. The average molecular weight is 312 g/mol. The predicted octanol–water partition coefficient (Wildman–Crippen LogP) is -0.169. The molecule has 2 aliphatic rings. The van der Waals surface area contributed by atoms with Gasteiger partial charge in [-0.15, -0.1) is 12.4 Å². The zero-order valence-electron chi connectivity index (χ0n) is 10.9. The van der Waals surface area contributed by atoms with Gasteiger partial charge in [0.05, 0.1) is 17.8 Å². The van der Waals surface area contributed by atoms with E-state index in [-0.39, 0.29) is 36.2 Å². The van der Waals surface area contributed by atoms with Crippen LogP contribution in [0.3, 0.4) is 0 Å². The highest BCUT2D eigenvalue weighted by Gasteiger charge is 2.36. The minimum atomic E-state index is -3.20. The Kier molecular flexibility index (Phi) is 5.61. The SMILES string of the molecule is Cl.NCC1(NC(=O)CN2CCCS2(=O)=O)CCCC1. The minimum Gasteiger partial charge on any atom is -0.348 e. The fraction of sp³-hybridized carbons (Fsp3) is 0.909. The lowest BCUT2D eigenvalue weighted by atomic mass is 9.98.